The van der Waals surface area contributed by atoms with E-state index in [0.717, 1.165) is 18.5 Å². The molecule has 1 aliphatic rings. The molecule has 1 heterocycles. The van der Waals surface area contributed by atoms with Crippen molar-refractivity contribution in [2.45, 2.75) is 71.9 Å². The smallest absolute Gasteiger partial charge is 0.0218 e. The first-order valence-corrected chi connectivity index (χ1v) is 7.62. The standard InChI is InChI=1S/C15H32N2/c1-5-6-7-8-9-10-17-12-15(13(2)3)16-11-14(17)4/h13-16H,5-12H2,1-4H3. The zero-order valence-corrected chi connectivity index (χ0v) is 12.3. The molecule has 0 aromatic heterocycles. The predicted octanol–water partition coefficient (Wildman–Crippen LogP) is 3.28. The highest BCUT2D eigenvalue weighted by Gasteiger charge is 2.25. The molecule has 2 nitrogen and oxygen atoms in total. The molecule has 2 unspecified atom stereocenters. The van der Waals surface area contributed by atoms with Crippen molar-refractivity contribution in [1.82, 2.24) is 10.2 Å². The monoisotopic (exact) mass is 240 g/mol. The highest BCUT2D eigenvalue weighted by molar-refractivity contribution is 4.85. The summed E-state index contributed by atoms with van der Waals surface area (Å²) in [7, 11) is 0. The number of unbranched alkanes of at least 4 members (excludes halogenated alkanes) is 4. The molecule has 1 aliphatic heterocycles. The topological polar surface area (TPSA) is 15.3 Å². The quantitative estimate of drug-likeness (QED) is 0.687. The minimum Gasteiger partial charge on any atom is -0.311 e. The molecule has 1 fully saturated rings. The Hall–Kier alpha value is -0.0800. The lowest BCUT2D eigenvalue weighted by Crippen LogP contribution is -2.57. The third-order valence-electron chi connectivity index (χ3n) is 4.08. The van der Waals surface area contributed by atoms with E-state index in [1.165, 1.54) is 45.2 Å². The van der Waals surface area contributed by atoms with Gasteiger partial charge in [-0.25, -0.2) is 0 Å². The summed E-state index contributed by atoms with van der Waals surface area (Å²) in [5, 5.41) is 3.67. The van der Waals surface area contributed by atoms with Gasteiger partial charge in [0.2, 0.25) is 0 Å². The highest BCUT2D eigenvalue weighted by atomic mass is 15.2. The van der Waals surface area contributed by atoms with Gasteiger partial charge >= 0.3 is 0 Å². The summed E-state index contributed by atoms with van der Waals surface area (Å²) in [6.07, 6.45) is 6.97. The van der Waals surface area contributed by atoms with Crippen LogP contribution in [-0.4, -0.2) is 36.6 Å². The van der Waals surface area contributed by atoms with Crippen LogP contribution in [0.15, 0.2) is 0 Å². The first kappa shape index (κ1) is 15.0. The van der Waals surface area contributed by atoms with Gasteiger partial charge in [-0.3, -0.25) is 4.90 Å². The van der Waals surface area contributed by atoms with Crippen LogP contribution in [0.1, 0.15) is 59.8 Å². The van der Waals surface area contributed by atoms with Crippen LogP contribution in [0.25, 0.3) is 0 Å². The van der Waals surface area contributed by atoms with Gasteiger partial charge in [0.15, 0.2) is 0 Å². The van der Waals surface area contributed by atoms with E-state index in [-0.39, 0.29) is 0 Å². The Balaban J connectivity index is 2.20. The van der Waals surface area contributed by atoms with Gasteiger partial charge in [0.05, 0.1) is 0 Å². The highest BCUT2D eigenvalue weighted by Crippen LogP contribution is 2.14. The van der Waals surface area contributed by atoms with Crippen LogP contribution >= 0.6 is 0 Å². The van der Waals surface area contributed by atoms with E-state index in [1.54, 1.807) is 0 Å². The molecule has 0 spiro atoms. The lowest BCUT2D eigenvalue weighted by Gasteiger charge is -2.40. The number of piperazine rings is 1. The second-order valence-electron chi connectivity index (χ2n) is 6.02. The van der Waals surface area contributed by atoms with Crippen molar-refractivity contribution in [3.63, 3.8) is 0 Å². The molecule has 0 saturated carbocycles. The molecule has 102 valence electrons. The number of nitrogens with zero attached hydrogens (tertiary/aromatic N) is 1. The van der Waals surface area contributed by atoms with Crippen molar-refractivity contribution in [3.05, 3.63) is 0 Å². The van der Waals surface area contributed by atoms with Crippen LogP contribution in [0.5, 0.6) is 0 Å². The average Bonchev–Trinajstić information content (AvgIpc) is 2.30. The Bertz CT molecular complexity index is 191. The number of hydrogen-bond acceptors (Lipinski definition) is 2. The van der Waals surface area contributed by atoms with E-state index in [1.807, 2.05) is 0 Å². The van der Waals surface area contributed by atoms with E-state index in [9.17, 15) is 0 Å². The Morgan fingerprint density at radius 3 is 2.53 bits per heavy atom. The molecule has 0 radical (unpaired) electrons. The van der Waals surface area contributed by atoms with Crippen LogP contribution in [0.3, 0.4) is 0 Å². The third kappa shape index (κ3) is 5.39. The van der Waals surface area contributed by atoms with Crippen LogP contribution in [0, 0.1) is 5.92 Å². The summed E-state index contributed by atoms with van der Waals surface area (Å²) in [5.74, 6) is 0.755. The molecule has 0 aliphatic carbocycles. The maximum absolute atomic E-state index is 3.67. The van der Waals surface area contributed by atoms with Crippen molar-refractivity contribution in [2.24, 2.45) is 5.92 Å². The van der Waals surface area contributed by atoms with Crippen molar-refractivity contribution in [2.75, 3.05) is 19.6 Å². The molecular formula is C15H32N2. The fourth-order valence-electron chi connectivity index (χ4n) is 2.62. The average molecular weight is 240 g/mol. The van der Waals surface area contributed by atoms with Crippen molar-refractivity contribution in [1.29, 1.82) is 0 Å². The van der Waals surface area contributed by atoms with Crippen molar-refractivity contribution in [3.8, 4) is 0 Å². The van der Waals surface area contributed by atoms with Gasteiger partial charge in [0.1, 0.15) is 0 Å². The fourth-order valence-corrected chi connectivity index (χ4v) is 2.62. The lowest BCUT2D eigenvalue weighted by atomic mass is 9.99. The van der Waals surface area contributed by atoms with Crippen molar-refractivity contribution >= 4 is 0 Å². The van der Waals surface area contributed by atoms with E-state index >= 15 is 0 Å². The normalized spacial score (nSPS) is 26.6. The van der Waals surface area contributed by atoms with E-state index in [4.69, 9.17) is 0 Å². The Morgan fingerprint density at radius 2 is 1.88 bits per heavy atom. The molecule has 0 aromatic rings. The molecule has 0 bridgehead atoms. The molecule has 0 aromatic carbocycles. The van der Waals surface area contributed by atoms with Gasteiger partial charge in [0, 0.05) is 25.2 Å². The summed E-state index contributed by atoms with van der Waals surface area (Å²) in [5.41, 5.74) is 0. The first-order valence-electron chi connectivity index (χ1n) is 7.62. The minimum absolute atomic E-state index is 0.696. The van der Waals surface area contributed by atoms with Crippen LogP contribution in [0.4, 0.5) is 0 Å². The van der Waals surface area contributed by atoms with Crippen LogP contribution in [-0.2, 0) is 0 Å². The maximum atomic E-state index is 3.67. The Kier molecular flexibility index (Phi) is 7.14. The number of nitrogens with one attached hydrogen (secondary N) is 1. The Morgan fingerprint density at radius 1 is 1.18 bits per heavy atom. The van der Waals surface area contributed by atoms with E-state index in [2.05, 4.69) is 37.9 Å². The van der Waals surface area contributed by atoms with Gasteiger partial charge < -0.3 is 5.32 Å². The van der Waals surface area contributed by atoms with Crippen LogP contribution in [0.2, 0.25) is 0 Å². The predicted molar refractivity (Wildman–Crippen MR) is 76.4 cm³/mol. The van der Waals surface area contributed by atoms with Gasteiger partial charge in [-0.05, 0) is 25.8 Å². The number of hydrogen-bond donors (Lipinski definition) is 1. The molecular weight excluding hydrogens is 208 g/mol. The van der Waals surface area contributed by atoms with Crippen molar-refractivity contribution < 1.29 is 0 Å². The zero-order chi connectivity index (χ0) is 12.7. The summed E-state index contributed by atoms with van der Waals surface area (Å²) in [6, 6.07) is 1.41. The summed E-state index contributed by atoms with van der Waals surface area (Å²) < 4.78 is 0. The second-order valence-corrected chi connectivity index (χ2v) is 6.02. The summed E-state index contributed by atoms with van der Waals surface area (Å²) in [6.45, 7) is 13.0. The second kappa shape index (κ2) is 8.10. The van der Waals surface area contributed by atoms with Gasteiger partial charge in [-0.2, -0.15) is 0 Å². The van der Waals surface area contributed by atoms with Gasteiger partial charge in [-0.15, -0.1) is 0 Å². The molecule has 1 rings (SSSR count). The summed E-state index contributed by atoms with van der Waals surface area (Å²) in [4.78, 5) is 2.69. The maximum Gasteiger partial charge on any atom is 0.0218 e. The molecule has 1 saturated heterocycles. The lowest BCUT2D eigenvalue weighted by molar-refractivity contribution is 0.121. The van der Waals surface area contributed by atoms with Gasteiger partial charge in [-0.1, -0.05) is 46.5 Å². The minimum atomic E-state index is 0.696. The zero-order valence-electron chi connectivity index (χ0n) is 12.3. The summed E-state index contributed by atoms with van der Waals surface area (Å²) >= 11 is 0. The molecule has 2 atom stereocenters. The van der Waals surface area contributed by atoms with E-state index < -0.39 is 0 Å². The number of rotatable bonds is 7. The molecule has 17 heavy (non-hydrogen) atoms. The van der Waals surface area contributed by atoms with Gasteiger partial charge in [0.25, 0.3) is 0 Å². The molecule has 1 N–H and O–H groups in total. The Labute approximate surface area is 108 Å². The third-order valence-corrected chi connectivity index (χ3v) is 4.08. The van der Waals surface area contributed by atoms with Crippen LogP contribution < -0.4 is 5.32 Å². The largest absolute Gasteiger partial charge is 0.311 e. The first-order chi connectivity index (χ1) is 8.15. The fraction of sp³-hybridized carbons (Fsp3) is 1.00. The van der Waals surface area contributed by atoms with E-state index in [0.29, 0.717) is 6.04 Å². The molecule has 2 heteroatoms. The SMILES string of the molecule is CCCCCCCN1CC(C(C)C)NCC1C. The molecule has 0 amide bonds.